The highest BCUT2D eigenvalue weighted by atomic mass is 19.4. The standard InChI is InChI=1S/C30H32F3N5O3/c1-21-13-22(8-9-35-21)17-37(18-23-19-38(41-12-11-39)28-7-3-2-6-27(28)29(23)40)25-5-4-10-36(20-25)26-14-24(15-34-16-26)30(31,32)33/h2-3,6-9,13-16,19,25,39H,4-5,10-12,17-18,20H2,1H3/t25-/m0/s1. The number of para-hydroxylation sites is 1. The highest BCUT2D eigenvalue weighted by molar-refractivity contribution is 5.79. The summed E-state index contributed by atoms with van der Waals surface area (Å²) in [5, 5.41) is 9.82. The SMILES string of the molecule is Cc1cc(CN(Cc2cn(OCCO)c3ccccc3c2=O)[C@H]2CCCN(c3cncc(C(F)(F)F)c3)C2)ccn1. The van der Waals surface area contributed by atoms with Gasteiger partial charge in [0.15, 0.2) is 5.43 Å². The number of hydrogen-bond acceptors (Lipinski definition) is 7. The molecule has 41 heavy (non-hydrogen) atoms. The highest BCUT2D eigenvalue weighted by Crippen LogP contribution is 2.32. The molecule has 0 aliphatic carbocycles. The van der Waals surface area contributed by atoms with Crippen LogP contribution in [-0.2, 0) is 19.3 Å². The molecule has 0 amide bonds. The molecule has 1 aliphatic heterocycles. The largest absolute Gasteiger partial charge is 0.417 e. The summed E-state index contributed by atoms with van der Waals surface area (Å²) in [6.45, 7) is 3.71. The van der Waals surface area contributed by atoms with Crippen LogP contribution in [0.2, 0.25) is 0 Å². The minimum absolute atomic E-state index is 0.0514. The Morgan fingerprint density at radius 2 is 1.98 bits per heavy atom. The van der Waals surface area contributed by atoms with E-state index < -0.39 is 11.7 Å². The van der Waals surface area contributed by atoms with Gasteiger partial charge < -0.3 is 14.8 Å². The predicted octanol–water partition coefficient (Wildman–Crippen LogP) is 4.21. The second-order valence-electron chi connectivity index (χ2n) is 10.3. The molecule has 0 spiro atoms. The van der Waals surface area contributed by atoms with Crippen molar-refractivity contribution in [2.24, 2.45) is 0 Å². The second kappa shape index (κ2) is 12.3. The van der Waals surface area contributed by atoms with E-state index in [4.69, 9.17) is 4.84 Å². The van der Waals surface area contributed by atoms with E-state index in [0.29, 0.717) is 48.3 Å². The van der Waals surface area contributed by atoms with Crippen LogP contribution in [0.4, 0.5) is 18.9 Å². The zero-order chi connectivity index (χ0) is 29.0. The molecule has 4 heterocycles. The van der Waals surface area contributed by atoms with Crippen molar-refractivity contribution in [2.75, 3.05) is 31.2 Å². The maximum atomic E-state index is 13.6. The Balaban J connectivity index is 1.49. The van der Waals surface area contributed by atoms with Gasteiger partial charge in [0.2, 0.25) is 0 Å². The van der Waals surface area contributed by atoms with Gasteiger partial charge >= 0.3 is 6.18 Å². The van der Waals surface area contributed by atoms with Gasteiger partial charge in [0.25, 0.3) is 0 Å². The van der Waals surface area contributed by atoms with Crippen LogP contribution in [0, 0.1) is 6.92 Å². The molecule has 0 saturated carbocycles. The molecular formula is C30H32F3N5O3. The third-order valence-electron chi connectivity index (χ3n) is 7.32. The third kappa shape index (κ3) is 6.68. The minimum Gasteiger partial charge on any atom is -0.411 e. The van der Waals surface area contributed by atoms with E-state index >= 15 is 0 Å². The van der Waals surface area contributed by atoms with Crippen LogP contribution in [-0.4, -0.2) is 57.0 Å². The molecule has 5 rings (SSSR count). The summed E-state index contributed by atoms with van der Waals surface area (Å²) >= 11 is 0. The first kappa shape index (κ1) is 28.6. The Morgan fingerprint density at radius 1 is 1.15 bits per heavy atom. The van der Waals surface area contributed by atoms with E-state index in [0.717, 1.165) is 36.4 Å². The van der Waals surface area contributed by atoms with Gasteiger partial charge in [-0.05, 0) is 55.7 Å². The number of fused-ring (bicyclic) bond motifs is 1. The maximum Gasteiger partial charge on any atom is 0.417 e. The fourth-order valence-electron chi connectivity index (χ4n) is 5.37. The molecular weight excluding hydrogens is 535 g/mol. The summed E-state index contributed by atoms with van der Waals surface area (Å²) in [7, 11) is 0. The number of aliphatic hydroxyl groups excluding tert-OH is 1. The molecule has 1 N–H and O–H groups in total. The number of benzene rings is 1. The molecule has 1 aromatic carbocycles. The quantitative estimate of drug-likeness (QED) is 0.325. The van der Waals surface area contributed by atoms with Crippen molar-refractivity contribution >= 4 is 16.6 Å². The van der Waals surface area contributed by atoms with Gasteiger partial charge in [-0.25, -0.2) is 0 Å². The molecule has 4 aromatic rings. The normalized spacial score (nSPS) is 16.0. The summed E-state index contributed by atoms with van der Waals surface area (Å²) in [4.78, 5) is 31.6. The molecule has 1 saturated heterocycles. The number of rotatable bonds is 9. The third-order valence-corrected chi connectivity index (χ3v) is 7.32. The average molecular weight is 568 g/mol. The zero-order valence-electron chi connectivity index (χ0n) is 22.7. The number of aryl methyl sites for hydroxylation is 1. The average Bonchev–Trinajstić information content (AvgIpc) is 2.97. The first-order valence-corrected chi connectivity index (χ1v) is 13.5. The van der Waals surface area contributed by atoms with Crippen LogP contribution in [0.3, 0.4) is 0 Å². The molecule has 0 bridgehead atoms. The van der Waals surface area contributed by atoms with Gasteiger partial charge in [-0.1, -0.05) is 12.1 Å². The first-order chi connectivity index (χ1) is 19.7. The fourth-order valence-corrected chi connectivity index (χ4v) is 5.37. The molecule has 1 atom stereocenters. The van der Waals surface area contributed by atoms with E-state index in [1.165, 1.54) is 10.9 Å². The van der Waals surface area contributed by atoms with E-state index in [1.54, 1.807) is 30.6 Å². The van der Waals surface area contributed by atoms with Gasteiger partial charge in [0, 0.05) is 61.3 Å². The van der Waals surface area contributed by atoms with Crippen molar-refractivity contribution < 1.29 is 23.1 Å². The van der Waals surface area contributed by atoms with Gasteiger partial charge in [-0.3, -0.25) is 19.7 Å². The minimum atomic E-state index is -4.47. The van der Waals surface area contributed by atoms with Crippen LogP contribution in [0.15, 0.2) is 72.0 Å². The number of aromatic nitrogens is 3. The molecule has 0 radical (unpaired) electrons. The lowest BCUT2D eigenvalue weighted by Gasteiger charge is -2.40. The number of aliphatic hydroxyl groups is 1. The topological polar surface area (TPSA) is 83.7 Å². The summed E-state index contributed by atoms with van der Waals surface area (Å²) in [6.07, 6.45) is 2.83. The summed E-state index contributed by atoms with van der Waals surface area (Å²) in [5.41, 5.74) is 2.55. The Morgan fingerprint density at radius 3 is 2.76 bits per heavy atom. The number of hydrogen-bond donors (Lipinski definition) is 1. The zero-order valence-corrected chi connectivity index (χ0v) is 22.7. The Labute approximate surface area is 235 Å². The first-order valence-electron chi connectivity index (χ1n) is 13.5. The molecule has 1 aliphatic rings. The van der Waals surface area contributed by atoms with Crippen molar-refractivity contribution in [3.05, 3.63) is 99.9 Å². The molecule has 8 nitrogen and oxygen atoms in total. The lowest BCUT2D eigenvalue weighted by Crippen LogP contribution is -2.48. The Kier molecular flexibility index (Phi) is 8.55. The molecule has 1 fully saturated rings. The van der Waals surface area contributed by atoms with Gasteiger partial charge in [-0.2, -0.15) is 17.9 Å². The number of anilines is 1. The van der Waals surface area contributed by atoms with E-state index in [9.17, 15) is 23.1 Å². The highest BCUT2D eigenvalue weighted by Gasteiger charge is 2.33. The maximum absolute atomic E-state index is 13.6. The van der Waals surface area contributed by atoms with Crippen LogP contribution in [0.25, 0.3) is 10.9 Å². The number of halogens is 3. The van der Waals surface area contributed by atoms with Crippen LogP contribution < -0.4 is 15.2 Å². The van der Waals surface area contributed by atoms with Crippen LogP contribution in [0.5, 0.6) is 0 Å². The predicted molar refractivity (Wildman–Crippen MR) is 149 cm³/mol. The fraction of sp³-hybridized carbons (Fsp3) is 0.367. The molecule has 216 valence electrons. The van der Waals surface area contributed by atoms with Crippen molar-refractivity contribution in [3.8, 4) is 0 Å². The lowest BCUT2D eigenvalue weighted by atomic mass is 10.0. The summed E-state index contributed by atoms with van der Waals surface area (Å²) in [6, 6.07) is 12.2. The van der Waals surface area contributed by atoms with Crippen LogP contribution in [0.1, 0.15) is 35.2 Å². The Hall–Kier alpha value is -3.96. The van der Waals surface area contributed by atoms with E-state index in [2.05, 4.69) is 14.9 Å². The number of piperidine rings is 1. The monoisotopic (exact) mass is 567 g/mol. The van der Waals surface area contributed by atoms with E-state index in [1.807, 2.05) is 30.0 Å². The summed E-state index contributed by atoms with van der Waals surface area (Å²) in [5.74, 6) is 0. The number of alkyl halides is 3. The lowest BCUT2D eigenvalue weighted by molar-refractivity contribution is -0.137. The number of pyridine rings is 3. The van der Waals surface area contributed by atoms with Crippen molar-refractivity contribution in [3.63, 3.8) is 0 Å². The summed E-state index contributed by atoms with van der Waals surface area (Å²) < 4.78 is 41.7. The van der Waals surface area contributed by atoms with E-state index in [-0.39, 0.29) is 24.7 Å². The Bertz CT molecular complexity index is 1560. The molecule has 3 aromatic heterocycles. The van der Waals surface area contributed by atoms with Gasteiger partial charge in [-0.15, -0.1) is 0 Å². The number of nitrogens with zero attached hydrogens (tertiary/aromatic N) is 5. The van der Waals surface area contributed by atoms with Gasteiger partial charge in [0.05, 0.1) is 35.8 Å². The molecule has 0 unspecified atom stereocenters. The van der Waals surface area contributed by atoms with Crippen LogP contribution >= 0.6 is 0 Å². The van der Waals surface area contributed by atoms with Crippen molar-refractivity contribution in [2.45, 2.75) is 45.1 Å². The van der Waals surface area contributed by atoms with Crippen molar-refractivity contribution in [1.82, 2.24) is 19.6 Å². The van der Waals surface area contributed by atoms with Gasteiger partial charge in [0.1, 0.15) is 6.61 Å². The smallest absolute Gasteiger partial charge is 0.411 e. The van der Waals surface area contributed by atoms with Crippen molar-refractivity contribution in [1.29, 1.82) is 0 Å². The second-order valence-corrected chi connectivity index (χ2v) is 10.3. The molecule has 11 heteroatoms.